The van der Waals surface area contributed by atoms with E-state index < -0.39 is 0 Å². The summed E-state index contributed by atoms with van der Waals surface area (Å²) in [7, 11) is 6.59. The van der Waals surface area contributed by atoms with Gasteiger partial charge in [-0.15, -0.1) is 0 Å². The van der Waals surface area contributed by atoms with Gasteiger partial charge in [0.25, 0.3) is 0 Å². The van der Waals surface area contributed by atoms with Crippen LogP contribution in [0.25, 0.3) is 0 Å². The highest BCUT2D eigenvalue weighted by atomic mass is 27.0. The summed E-state index contributed by atoms with van der Waals surface area (Å²) in [6, 6.07) is 82.9. The third kappa shape index (κ3) is 13.6. The number of aliphatic imine (C=N–C) groups is 4. The molecule has 10 aromatic rings. The zero-order chi connectivity index (χ0) is 52.3. The minimum absolute atomic E-state index is 0. The molecule has 2 heterocycles. The molecule has 0 spiro atoms. The molecular formula is C66H54AlN6O4. The smallest absolute Gasteiger partial charge is 0.144 e. The molecule has 0 saturated carbocycles. The van der Waals surface area contributed by atoms with Crippen molar-refractivity contribution in [1.29, 1.82) is 0 Å². The maximum Gasteiger partial charge on any atom is 0.144 e. The van der Waals surface area contributed by atoms with Crippen LogP contribution in [0, 0.1) is 0 Å². The number of nitrogens with zero attached hydrogens (tertiary/aromatic N) is 6. The molecule has 0 atom stereocenters. The van der Waals surface area contributed by atoms with E-state index in [0.29, 0.717) is 23.0 Å². The first-order valence-corrected chi connectivity index (χ1v) is 24.6. The third-order valence-electron chi connectivity index (χ3n) is 11.9. The monoisotopic (exact) mass is 1020 g/mol. The molecule has 3 radical (unpaired) electrons. The molecular weight excluding hydrogens is 968 g/mol. The zero-order valence-electron chi connectivity index (χ0n) is 43.1. The molecule has 11 heteroatoms. The van der Waals surface area contributed by atoms with Gasteiger partial charge in [-0.3, -0.25) is 0 Å². The fraction of sp³-hybridized carbons (Fsp3) is 0.0606. The molecule has 0 saturated heterocycles. The van der Waals surface area contributed by atoms with Crippen LogP contribution in [0.15, 0.2) is 275 Å². The van der Waals surface area contributed by atoms with Gasteiger partial charge >= 0.3 is 0 Å². The highest BCUT2D eigenvalue weighted by Gasteiger charge is 2.18. The lowest BCUT2D eigenvalue weighted by molar-refractivity contribution is 0.416. The van der Waals surface area contributed by atoms with Gasteiger partial charge in [0.1, 0.15) is 45.7 Å². The Balaban J connectivity index is 0.000000201. The minimum Gasteiger partial charge on any atom is -0.494 e. The first-order chi connectivity index (χ1) is 37.5. The Kier molecular flexibility index (Phi) is 18.9. The second kappa shape index (κ2) is 27.1. The van der Waals surface area contributed by atoms with Crippen molar-refractivity contribution in [3.8, 4) is 23.0 Å². The third-order valence-corrected chi connectivity index (χ3v) is 11.9. The first kappa shape index (κ1) is 53.8. The van der Waals surface area contributed by atoms with E-state index in [1.54, 1.807) is 28.4 Å². The Bertz CT molecular complexity index is 3170. The fourth-order valence-corrected chi connectivity index (χ4v) is 8.23. The highest BCUT2D eigenvalue weighted by Crippen LogP contribution is 2.33. The number of aromatic nitrogens is 2. The number of ether oxygens (including phenoxy) is 4. The molecule has 8 aromatic carbocycles. The van der Waals surface area contributed by atoms with Crippen molar-refractivity contribution in [2.45, 2.75) is 0 Å². The van der Waals surface area contributed by atoms with Crippen LogP contribution in [0.4, 0.5) is 22.7 Å². The van der Waals surface area contributed by atoms with Crippen molar-refractivity contribution < 1.29 is 18.9 Å². The number of benzene rings is 8. The van der Waals surface area contributed by atoms with E-state index in [2.05, 4.69) is 0 Å². The normalized spacial score (nSPS) is 11.6. The molecule has 77 heavy (non-hydrogen) atoms. The van der Waals surface area contributed by atoms with Gasteiger partial charge in [0, 0.05) is 39.6 Å². The summed E-state index contributed by atoms with van der Waals surface area (Å²) in [5, 5.41) is 0. The molecule has 0 amide bonds. The van der Waals surface area contributed by atoms with Gasteiger partial charge < -0.3 is 18.9 Å². The Hall–Kier alpha value is -9.53. The molecule has 10 nitrogen and oxygen atoms in total. The quantitative estimate of drug-likeness (QED) is 0.0704. The van der Waals surface area contributed by atoms with Gasteiger partial charge in [0.15, 0.2) is 0 Å². The number of rotatable bonds is 16. The van der Waals surface area contributed by atoms with E-state index in [-0.39, 0.29) is 17.4 Å². The minimum atomic E-state index is 0. The number of pyridine rings is 2. The molecule has 0 aliphatic rings. The molecule has 0 fully saturated rings. The summed E-state index contributed by atoms with van der Waals surface area (Å²) in [5.41, 5.74) is 12.6. The molecule has 0 aliphatic heterocycles. The molecule has 375 valence electrons. The summed E-state index contributed by atoms with van der Waals surface area (Å²) in [4.78, 5) is 30.3. The Labute approximate surface area is 460 Å². The molecule has 2 aromatic heterocycles. The molecule has 0 unspecified atom stereocenters. The van der Waals surface area contributed by atoms with Crippen molar-refractivity contribution in [2.75, 3.05) is 28.4 Å². The van der Waals surface area contributed by atoms with Gasteiger partial charge in [0.2, 0.25) is 0 Å². The van der Waals surface area contributed by atoms with E-state index in [1.807, 2.05) is 255 Å². The maximum atomic E-state index is 5.57. The van der Waals surface area contributed by atoms with Gasteiger partial charge in [0.05, 0.1) is 74.1 Å². The topological polar surface area (TPSA) is 112 Å². The number of para-hydroxylation sites is 8. The molecule has 0 bridgehead atoms. The van der Waals surface area contributed by atoms with Crippen molar-refractivity contribution >= 4 is 63.0 Å². The average molecular weight is 1020 g/mol. The van der Waals surface area contributed by atoms with Gasteiger partial charge in [-0.05, 0) is 72.8 Å². The number of hydrogen-bond acceptors (Lipinski definition) is 10. The lowest BCUT2D eigenvalue weighted by Gasteiger charge is -2.12. The van der Waals surface area contributed by atoms with Gasteiger partial charge in [-0.1, -0.05) is 182 Å². The van der Waals surface area contributed by atoms with Crippen LogP contribution in [0.2, 0.25) is 0 Å². The van der Waals surface area contributed by atoms with Crippen LogP contribution < -0.4 is 18.9 Å². The van der Waals surface area contributed by atoms with Crippen LogP contribution in [-0.2, 0) is 0 Å². The fourth-order valence-electron chi connectivity index (χ4n) is 8.23. The van der Waals surface area contributed by atoms with E-state index in [0.717, 1.165) is 90.6 Å². The second-order valence-electron chi connectivity index (χ2n) is 16.8. The highest BCUT2D eigenvalue weighted by molar-refractivity contribution is 6.17. The van der Waals surface area contributed by atoms with E-state index in [4.69, 9.17) is 48.9 Å². The lowest BCUT2D eigenvalue weighted by atomic mass is 10.0. The predicted molar refractivity (Wildman–Crippen MR) is 313 cm³/mol. The summed E-state index contributed by atoms with van der Waals surface area (Å²) >= 11 is 0. The average Bonchev–Trinajstić information content (AvgIpc) is 3.50. The zero-order valence-corrected chi connectivity index (χ0v) is 44.3. The predicted octanol–water partition coefficient (Wildman–Crippen LogP) is 14.5. The number of hydrogen-bond donors (Lipinski definition) is 0. The lowest BCUT2D eigenvalue weighted by Crippen LogP contribution is -2.11. The van der Waals surface area contributed by atoms with Gasteiger partial charge in [-0.2, -0.15) is 0 Å². The maximum absolute atomic E-state index is 5.57. The first-order valence-electron chi connectivity index (χ1n) is 24.6. The summed E-state index contributed by atoms with van der Waals surface area (Å²) in [6.07, 6.45) is 0. The standard InChI is InChI=1S/2C33H27N3O2.Al/c2*1-37-30-22-11-9-18-26(30)35-32(24-14-5-3-6-15-24)28-20-13-21-29(34-28)33(25-16-7-4-8-17-25)36-27-19-10-12-23-31(27)38-2;/h2*3-23H,1-2H3;. The second-order valence-corrected chi connectivity index (χ2v) is 16.8. The molecule has 0 N–H and O–H groups in total. The summed E-state index contributed by atoms with van der Waals surface area (Å²) in [6.45, 7) is 0. The summed E-state index contributed by atoms with van der Waals surface area (Å²) < 4.78 is 22.3. The SMILES string of the molecule is COc1ccccc1N=C(c1ccccc1)c1cccc(C(=Nc2ccccc2OC)c2ccccc2)n1.COc1ccccc1N=C(c1ccccc1)c1cccc(C(=Nc2ccccc2OC)c2ccccc2)n1.[Al]. The van der Waals surface area contributed by atoms with Crippen LogP contribution in [0.3, 0.4) is 0 Å². The number of methoxy groups -OCH3 is 4. The Morgan fingerprint density at radius 3 is 0.649 bits per heavy atom. The van der Waals surface area contributed by atoms with Crippen molar-refractivity contribution in [2.24, 2.45) is 20.0 Å². The van der Waals surface area contributed by atoms with Crippen molar-refractivity contribution in [3.63, 3.8) is 0 Å². The van der Waals surface area contributed by atoms with E-state index in [9.17, 15) is 0 Å². The van der Waals surface area contributed by atoms with Crippen LogP contribution in [-0.4, -0.2) is 78.6 Å². The van der Waals surface area contributed by atoms with Crippen LogP contribution in [0.5, 0.6) is 23.0 Å². The Morgan fingerprint density at radius 2 is 0.442 bits per heavy atom. The van der Waals surface area contributed by atoms with Crippen molar-refractivity contribution in [3.05, 3.63) is 300 Å². The molecule has 0 aliphatic carbocycles. The Morgan fingerprint density at radius 1 is 0.247 bits per heavy atom. The van der Waals surface area contributed by atoms with E-state index in [1.165, 1.54) is 0 Å². The summed E-state index contributed by atoms with van der Waals surface area (Å²) in [5.74, 6) is 2.78. The van der Waals surface area contributed by atoms with Crippen LogP contribution >= 0.6 is 0 Å². The van der Waals surface area contributed by atoms with Gasteiger partial charge in [-0.25, -0.2) is 29.9 Å². The van der Waals surface area contributed by atoms with E-state index >= 15 is 0 Å². The van der Waals surface area contributed by atoms with Crippen molar-refractivity contribution in [1.82, 2.24) is 9.97 Å². The largest absolute Gasteiger partial charge is 0.494 e. The van der Waals surface area contributed by atoms with Crippen LogP contribution in [0.1, 0.15) is 45.0 Å². The molecule has 10 rings (SSSR count).